The van der Waals surface area contributed by atoms with Crippen molar-refractivity contribution in [1.82, 2.24) is 0 Å². The van der Waals surface area contributed by atoms with Gasteiger partial charge >= 0.3 is 6.18 Å². The minimum absolute atomic E-state index is 0.0644. The molecule has 0 aliphatic rings. The number of benzene rings is 2. The van der Waals surface area contributed by atoms with E-state index in [1.165, 1.54) is 18.2 Å². The Morgan fingerprint density at radius 3 is 2.46 bits per heavy atom. The van der Waals surface area contributed by atoms with Crippen LogP contribution in [0.1, 0.15) is 11.3 Å². The van der Waals surface area contributed by atoms with Crippen LogP contribution in [0.25, 0.3) is 17.4 Å². The summed E-state index contributed by atoms with van der Waals surface area (Å²) in [6.07, 6.45) is -3.30. The van der Waals surface area contributed by atoms with Gasteiger partial charge in [-0.1, -0.05) is 36.4 Å². The largest absolute Gasteiger partial charge is 0.457 e. The smallest absolute Gasteiger partial charge is 0.416 e. The van der Waals surface area contributed by atoms with Gasteiger partial charge in [-0.15, -0.1) is 0 Å². The molecule has 0 saturated carbocycles. The number of nitrogens with one attached hydrogen (secondary N) is 1. The molecule has 0 unspecified atom stereocenters. The van der Waals surface area contributed by atoms with E-state index in [0.717, 1.165) is 17.7 Å². The molecule has 4 nitrogen and oxygen atoms in total. The van der Waals surface area contributed by atoms with Gasteiger partial charge in [0.15, 0.2) is 0 Å². The molecule has 0 fully saturated rings. The molecule has 1 heterocycles. The van der Waals surface area contributed by atoms with Crippen molar-refractivity contribution in [3.63, 3.8) is 0 Å². The summed E-state index contributed by atoms with van der Waals surface area (Å²) in [5.41, 5.74) is -0.433. The monoisotopic (exact) mass is 382 g/mol. The number of carbonyl (C=O) groups excluding carboxylic acids is 1. The lowest BCUT2D eigenvalue weighted by Gasteiger charge is -2.09. The molecule has 2 aromatic carbocycles. The Balaban J connectivity index is 1.79. The van der Waals surface area contributed by atoms with Crippen molar-refractivity contribution in [2.45, 2.75) is 6.18 Å². The van der Waals surface area contributed by atoms with Crippen molar-refractivity contribution in [3.05, 3.63) is 83.6 Å². The number of hydrogen-bond donors (Lipinski definition) is 1. The first-order valence-corrected chi connectivity index (χ1v) is 8.12. The molecule has 0 saturated heterocycles. The fourth-order valence-corrected chi connectivity index (χ4v) is 2.45. The van der Waals surface area contributed by atoms with Crippen LogP contribution in [0.5, 0.6) is 0 Å². The van der Waals surface area contributed by atoms with E-state index in [9.17, 15) is 23.2 Å². The molecule has 3 rings (SSSR count). The third kappa shape index (κ3) is 4.48. The van der Waals surface area contributed by atoms with Crippen LogP contribution in [-0.2, 0) is 11.0 Å². The highest BCUT2D eigenvalue weighted by Crippen LogP contribution is 2.30. The first kappa shape index (κ1) is 19.0. The van der Waals surface area contributed by atoms with Gasteiger partial charge in [-0.25, -0.2) is 0 Å². The SMILES string of the molecule is N#C/C(=C\c1ccc(-c2ccccc2)o1)C(=O)Nc1cccc(C(F)(F)F)c1. The second-order valence-corrected chi connectivity index (χ2v) is 5.77. The van der Waals surface area contributed by atoms with Crippen LogP contribution in [-0.4, -0.2) is 5.91 Å². The van der Waals surface area contributed by atoms with E-state index in [2.05, 4.69) is 5.32 Å². The van der Waals surface area contributed by atoms with Crippen LogP contribution >= 0.6 is 0 Å². The molecule has 28 heavy (non-hydrogen) atoms. The molecule has 0 atom stereocenters. The highest BCUT2D eigenvalue weighted by atomic mass is 19.4. The van der Waals surface area contributed by atoms with Crippen molar-refractivity contribution in [2.75, 3.05) is 5.32 Å². The highest BCUT2D eigenvalue weighted by molar-refractivity contribution is 6.09. The van der Waals surface area contributed by atoms with Gasteiger partial charge < -0.3 is 9.73 Å². The molecule has 0 aliphatic carbocycles. The third-order valence-corrected chi connectivity index (χ3v) is 3.78. The second kappa shape index (κ2) is 7.84. The van der Waals surface area contributed by atoms with Gasteiger partial charge in [0.25, 0.3) is 5.91 Å². The number of nitrogens with zero attached hydrogens (tertiary/aromatic N) is 1. The zero-order chi connectivity index (χ0) is 20.1. The summed E-state index contributed by atoms with van der Waals surface area (Å²) in [5.74, 6) is -0.00323. The van der Waals surface area contributed by atoms with Crippen molar-refractivity contribution in [2.24, 2.45) is 0 Å². The number of nitriles is 1. The molecule has 0 radical (unpaired) electrons. The molecule has 0 aliphatic heterocycles. The van der Waals surface area contributed by atoms with E-state index >= 15 is 0 Å². The number of hydrogen-bond acceptors (Lipinski definition) is 3. The molecule has 1 aromatic heterocycles. The van der Waals surface area contributed by atoms with Gasteiger partial charge in [0, 0.05) is 17.3 Å². The van der Waals surface area contributed by atoms with E-state index in [1.807, 2.05) is 30.3 Å². The van der Waals surface area contributed by atoms with Gasteiger partial charge in [-0.3, -0.25) is 4.79 Å². The standard InChI is InChI=1S/C21H13F3N2O2/c22-21(23,24)16-7-4-8-17(12-16)26-20(27)15(13-25)11-18-9-10-19(28-18)14-5-2-1-3-6-14/h1-12H,(H,26,27)/b15-11+. The predicted molar refractivity (Wildman–Crippen MR) is 97.8 cm³/mol. The Morgan fingerprint density at radius 1 is 1.04 bits per heavy atom. The van der Waals surface area contributed by atoms with Crippen LogP contribution in [0.4, 0.5) is 18.9 Å². The summed E-state index contributed by atoms with van der Waals surface area (Å²) < 4.78 is 43.9. The molecule has 0 bridgehead atoms. The predicted octanol–water partition coefficient (Wildman–Crippen LogP) is 5.51. The van der Waals surface area contributed by atoms with Crippen molar-refractivity contribution >= 4 is 17.7 Å². The number of carbonyl (C=O) groups is 1. The van der Waals surface area contributed by atoms with Gasteiger partial charge in [0.1, 0.15) is 23.2 Å². The maximum Gasteiger partial charge on any atom is 0.416 e. The van der Waals surface area contributed by atoms with Crippen LogP contribution in [0.3, 0.4) is 0 Å². The maximum atomic E-state index is 12.8. The number of furan rings is 1. The maximum absolute atomic E-state index is 12.8. The second-order valence-electron chi connectivity index (χ2n) is 5.77. The molecule has 140 valence electrons. The van der Waals surface area contributed by atoms with E-state index in [-0.39, 0.29) is 17.0 Å². The first-order chi connectivity index (χ1) is 13.4. The summed E-state index contributed by atoms with van der Waals surface area (Å²) in [5, 5.41) is 11.5. The van der Waals surface area contributed by atoms with Crippen molar-refractivity contribution in [1.29, 1.82) is 5.26 Å². The Morgan fingerprint density at radius 2 is 1.79 bits per heavy atom. The summed E-state index contributed by atoms with van der Waals surface area (Å²) in [4.78, 5) is 12.3. The molecular weight excluding hydrogens is 369 g/mol. The normalized spacial score (nSPS) is 11.7. The summed E-state index contributed by atoms with van der Waals surface area (Å²) in [6.45, 7) is 0. The first-order valence-electron chi connectivity index (χ1n) is 8.12. The van der Waals surface area contributed by atoms with Crippen LogP contribution in [0.2, 0.25) is 0 Å². The molecular formula is C21H13F3N2O2. The average Bonchev–Trinajstić information content (AvgIpc) is 3.15. The van der Waals surface area contributed by atoms with Gasteiger partial charge in [-0.2, -0.15) is 18.4 Å². The van der Waals surface area contributed by atoms with Gasteiger partial charge in [0.2, 0.25) is 0 Å². The van der Waals surface area contributed by atoms with E-state index in [1.54, 1.807) is 18.2 Å². The molecule has 3 aromatic rings. The number of alkyl halides is 3. The van der Waals surface area contributed by atoms with Crippen LogP contribution < -0.4 is 5.32 Å². The summed E-state index contributed by atoms with van der Waals surface area (Å²) in [7, 11) is 0. The van der Waals surface area contributed by atoms with Crippen LogP contribution in [0.15, 0.2) is 76.7 Å². The molecule has 7 heteroatoms. The minimum atomic E-state index is -4.53. The number of halogens is 3. The fraction of sp³-hybridized carbons (Fsp3) is 0.0476. The van der Waals surface area contributed by atoms with Crippen molar-refractivity contribution in [3.8, 4) is 17.4 Å². The average molecular weight is 382 g/mol. The number of amides is 1. The molecule has 0 spiro atoms. The number of anilines is 1. The Hall–Kier alpha value is -3.79. The van der Waals surface area contributed by atoms with E-state index in [4.69, 9.17) is 4.42 Å². The minimum Gasteiger partial charge on any atom is -0.457 e. The zero-order valence-electron chi connectivity index (χ0n) is 14.3. The highest BCUT2D eigenvalue weighted by Gasteiger charge is 2.30. The molecule has 1 amide bonds. The van der Waals surface area contributed by atoms with Crippen molar-refractivity contribution < 1.29 is 22.4 Å². The lowest BCUT2D eigenvalue weighted by Crippen LogP contribution is -2.14. The van der Waals surface area contributed by atoms with Gasteiger partial charge in [0.05, 0.1) is 5.56 Å². The quantitative estimate of drug-likeness (QED) is 0.478. The lowest BCUT2D eigenvalue weighted by molar-refractivity contribution is -0.137. The van der Waals surface area contributed by atoms with Crippen LogP contribution in [0, 0.1) is 11.3 Å². The zero-order valence-corrected chi connectivity index (χ0v) is 14.3. The Kier molecular flexibility index (Phi) is 5.32. The van der Waals surface area contributed by atoms with Gasteiger partial charge in [-0.05, 0) is 30.3 Å². The number of rotatable bonds is 4. The topological polar surface area (TPSA) is 66.0 Å². The lowest BCUT2D eigenvalue weighted by atomic mass is 10.1. The molecule has 1 N–H and O–H groups in total. The van der Waals surface area contributed by atoms with E-state index in [0.29, 0.717) is 5.76 Å². The Labute approximate surface area is 158 Å². The summed E-state index contributed by atoms with van der Waals surface area (Å²) >= 11 is 0. The third-order valence-electron chi connectivity index (χ3n) is 3.78. The van der Waals surface area contributed by atoms with E-state index < -0.39 is 17.6 Å². The summed E-state index contributed by atoms with van der Waals surface area (Å²) in [6, 6.07) is 18.4. The Bertz CT molecular complexity index is 1060. The fourth-order valence-electron chi connectivity index (χ4n) is 2.45.